The lowest BCUT2D eigenvalue weighted by atomic mass is 9.96. The van der Waals surface area contributed by atoms with Crippen LogP contribution in [-0.2, 0) is 0 Å². The van der Waals surface area contributed by atoms with Gasteiger partial charge in [0.05, 0.1) is 18.0 Å². The molecule has 0 radical (unpaired) electrons. The second-order valence-electron chi connectivity index (χ2n) is 3.72. The van der Waals surface area contributed by atoms with Crippen LogP contribution in [0.1, 0.15) is 24.3 Å². The van der Waals surface area contributed by atoms with Gasteiger partial charge in [-0.2, -0.15) is 5.26 Å². The molecule has 0 aliphatic rings. The number of nitrogens with zero attached hydrogens (tertiary/aromatic N) is 2. The highest BCUT2D eigenvalue weighted by Crippen LogP contribution is 2.34. The molecule has 2 nitrogen and oxygen atoms in total. The molecule has 0 N–H and O–H groups in total. The molecule has 0 aliphatic carbocycles. The minimum atomic E-state index is 0.0607. The number of nitriles is 1. The minimum Gasteiger partial charge on any atom is -0.300 e. The second kappa shape index (κ2) is 5.64. The molecular weight excluding hydrogens is 272 g/mol. The SMILES string of the molecule is CCC(C#N)C(c1cc(Br)cs1)N(C)C. The van der Waals surface area contributed by atoms with E-state index in [9.17, 15) is 0 Å². The zero-order valence-corrected chi connectivity index (χ0v) is 11.6. The quantitative estimate of drug-likeness (QED) is 0.845. The van der Waals surface area contributed by atoms with E-state index in [1.807, 2.05) is 14.1 Å². The molecule has 0 amide bonds. The van der Waals surface area contributed by atoms with E-state index in [0.29, 0.717) is 0 Å². The standard InChI is InChI=1S/C11H15BrN2S/c1-4-8(6-13)11(14(2)3)10-5-9(12)7-15-10/h5,7-8,11H,4H2,1-3H3. The first kappa shape index (κ1) is 12.7. The predicted octanol–water partition coefficient (Wildman–Crippen LogP) is 3.66. The van der Waals surface area contributed by atoms with Crippen LogP contribution >= 0.6 is 27.3 Å². The summed E-state index contributed by atoms with van der Waals surface area (Å²) in [5.41, 5.74) is 0. The van der Waals surface area contributed by atoms with E-state index in [4.69, 9.17) is 5.26 Å². The monoisotopic (exact) mass is 286 g/mol. The van der Waals surface area contributed by atoms with Crippen molar-refractivity contribution in [2.45, 2.75) is 19.4 Å². The van der Waals surface area contributed by atoms with Crippen molar-refractivity contribution in [1.82, 2.24) is 4.90 Å². The normalized spacial score (nSPS) is 14.9. The summed E-state index contributed by atoms with van der Waals surface area (Å²) in [7, 11) is 4.05. The van der Waals surface area contributed by atoms with E-state index < -0.39 is 0 Å². The Labute approximate surface area is 104 Å². The van der Waals surface area contributed by atoms with Crippen LogP contribution in [0.2, 0.25) is 0 Å². The highest BCUT2D eigenvalue weighted by Gasteiger charge is 2.24. The molecule has 4 heteroatoms. The average molecular weight is 287 g/mol. The molecule has 0 aliphatic heterocycles. The summed E-state index contributed by atoms with van der Waals surface area (Å²) >= 11 is 5.16. The molecule has 0 saturated carbocycles. The second-order valence-corrected chi connectivity index (χ2v) is 5.58. The van der Waals surface area contributed by atoms with Crippen LogP contribution < -0.4 is 0 Å². The molecule has 1 aromatic rings. The predicted molar refractivity (Wildman–Crippen MR) is 67.8 cm³/mol. The van der Waals surface area contributed by atoms with Gasteiger partial charge in [-0.1, -0.05) is 6.92 Å². The smallest absolute Gasteiger partial charge is 0.0676 e. The summed E-state index contributed by atoms with van der Waals surface area (Å²) in [6, 6.07) is 4.70. The lowest BCUT2D eigenvalue weighted by molar-refractivity contribution is 0.245. The van der Waals surface area contributed by atoms with Crippen molar-refractivity contribution in [3.05, 3.63) is 20.8 Å². The van der Waals surface area contributed by atoms with Crippen LogP contribution in [0.5, 0.6) is 0 Å². The van der Waals surface area contributed by atoms with Gasteiger partial charge < -0.3 is 4.90 Å². The van der Waals surface area contributed by atoms with Gasteiger partial charge in [0, 0.05) is 14.7 Å². The Hall–Kier alpha value is -0.370. The van der Waals surface area contributed by atoms with E-state index in [-0.39, 0.29) is 12.0 Å². The fourth-order valence-corrected chi connectivity index (χ4v) is 3.39. The molecule has 82 valence electrons. The summed E-state index contributed by atoms with van der Waals surface area (Å²) in [4.78, 5) is 3.37. The van der Waals surface area contributed by atoms with E-state index >= 15 is 0 Å². The van der Waals surface area contributed by atoms with Gasteiger partial charge in [0.2, 0.25) is 0 Å². The fourth-order valence-electron chi connectivity index (χ4n) is 1.68. The summed E-state index contributed by atoms with van der Waals surface area (Å²) in [6.07, 6.45) is 0.884. The van der Waals surface area contributed by atoms with Gasteiger partial charge in [-0.3, -0.25) is 0 Å². The molecule has 0 aromatic carbocycles. The Morgan fingerprint density at radius 1 is 1.60 bits per heavy atom. The van der Waals surface area contributed by atoms with Crippen molar-refractivity contribution < 1.29 is 0 Å². The lowest BCUT2D eigenvalue weighted by Crippen LogP contribution is -2.25. The van der Waals surface area contributed by atoms with Crippen LogP contribution in [-0.4, -0.2) is 19.0 Å². The third-order valence-corrected chi connectivity index (χ3v) is 4.19. The number of hydrogen-bond donors (Lipinski definition) is 0. The molecule has 0 fully saturated rings. The maximum atomic E-state index is 9.13. The summed E-state index contributed by atoms with van der Waals surface area (Å²) in [5.74, 6) is 0.0607. The summed E-state index contributed by atoms with van der Waals surface area (Å²) in [6.45, 7) is 2.06. The van der Waals surface area contributed by atoms with E-state index in [0.717, 1.165) is 10.9 Å². The Balaban J connectivity index is 2.98. The Morgan fingerprint density at radius 2 is 2.27 bits per heavy atom. The lowest BCUT2D eigenvalue weighted by Gasteiger charge is -2.26. The van der Waals surface area contributed by atoms with Crippen LogP contribution in [0, 0.1) is 17.2 Å². The van der Waals surface area contributed by atoms with Crippen LogP contribution in [0.4, 0.5) is 0 Å². The summed E-state index contributed by atoms with van der Waals surface area (Å²) in [5, 5.41) is 11.2. The third kappa shape index (κ3) is 3.04. The first-order valence-corrected chi connectivity index (χ1v) is 6.57. The Morgan fingerprint density at radius 3 is 2.60 bits per heavy atom. The van der Waals surface area contributed by atoms with Crippen molar-refractivity contribution >= 4 is 27.3 Å². The van der Waals surface area contributed by atoms with E-state index in [2.05, 4.69) is 45.3 Å². The zero-order valence-electron chi connectivity index (χ0n) is 9.20. The maximum Gasteiger partial charge on any atom is 0.0676 e. The molecule has 15 heavy (non-hydrogen) atoms. The van der Waals surface area contributed by atoms with E-state index in [1.54, 1.807) is 11.3 Å². The van der Waals surface area contributed by atoms with Crippen LogP contribution in [0.25, 0.3) is 0 Å². The van der Waals surface area contributed by atoms with Crippen LogP contribution in [0.15, 0.2) is 15.9 Å². The Kier molecular flexibility index (Phi) is 4.78. The van der Waals surface area contributed by atoms with Gasteiger partial charge >= 0.3 is 0 Å². The molecular formula is C11H15BrN2S. The van der Waals surface area contributed by atoms with Crippen molar-refractivity contribution in [3.8, 4) is 6.07 Å². The van der Waals surface area contributed by atoms with Crippen molar-refractivity contribution in [2.75, 3.05) is 14.1 Å². The van der Waals surface area contributed by atoms with E-state index in [1.165, 1.54) is 4.88 Å². The highest BCUT2D eigenvalue weighted by atomic mass is 79.9. The molecule has 0 bridgehead atoms. The summed E-state index contributed by atoms with van der Waals surface area (Å²) < 4.78 is 1.10. The maximum absolute atomic E-state index is 9.13. The number of hydrogen-bond acceptors (Lipinski definition) is 3. The molecule has 2 unspecified atom stereocenters. The van der Waals surface area contributed by atoms with Gasteiger partial charge in [0.25, 0.3) is 0 Å². The van der Waals surface area contributed by atoms with Gasteiger partial charge in [-0.25, -0.2) is 0 Å². The topological polar surface area (TPSA) is 27.0 Å². The average Bonchev–Trinajstić information content (AvgIpc) is 2.59. The highest BCUT2D eigenvalue weighted by molar-refractivity contribution is 9.10. The van der Waals surface area contributed by atoms with Crippen molar-refractivity contribution in [2.24, 2.45) is 5.92 Å². The largest absolute Gasteiger partial charge is 0.300 e. The fraction of sp³-hybridized carbons (Fsp3) is 0.545. The van der Waals surface area contributed by atoms with Crippen molar-refractivity contribution in [1.29, 1.82) is 5.26 Å². The first-order valence-electron chi connectivity index (χ1n) is 4.90. The number of thiophene rings is 1. The molecule has 1 rings (SSSR count). The van der Waals surface area contributed by atoms with Gasteiger partial charge in [0.15, 0.2) is 0 Å². The number of rotatable bonds is 4. The van der Waals surface area contributed by atoms with Gasteiger partial charge in [0.1, 0.15) is 0 Å². The molecule has 2 atom stereocenters. The third-order valence-electron chi connectivity index (χ3n) is 2.42. The first-order chi connectivity index (χ1) is 7.10. The minimum absolute atomic E-state index is 0.0607. The van der Waals surface area contributed by atoms with Crippen molar-refractivity contribution in [3.63, 3.8) is 0 Å². The molecule has 1 heterocycles. The number of halogens is 1. The molecule has 1 aromatic heterocycles. The molecule has 0 saturated heterocycles. The Bertz CT molecular complexity index is 354. The zero-order chi connectivity index (χ0) is 11.4. The van der Waals surface area contributed by atoms with Gasteiger partial charge in [-0.15, -0.1) is 11.3 Å². The van der Waals surface area contributed by atoms with Gasteiger partial charge in [-0.05, 0) is 42.5 Å². The molecule has 0 spiro atoms. The van der Waals surface area contributed by atoms with Crippen LogP contribution in [0.3, 0.4) is 0 Å².